The Balaban J connectivity index is 1.27. The number of amides is 1. The second-order valence-electron chi connectivity index (χ2n) is 7.19. The monoisotopic (exact) mass is 461 g/mol. The topological polar surface area (TPSA) is 97.9 Å². The van der Waals surface area contributed by atoms with Crippen LogP contribution in [0.5, 0.6) is 16.7 Å². The number of hydrogen-bond acceptors (Lipinski definition) is 7. The summed E-state index contributed by atoms with van der Waals surface area (Å²) in [7, 11) is 0. The molecule has 0 bridgehead atoms. The Hall–Kier alpha value is -4.11. The second kappa shape index (κ2) is 9.17. The zero-order chi connectivity index (χ0) is 22.6. The first-order valence-electron chi connectivity index (χ1n) is 10.2. The van der Waals surface area contributed by atoms with E-state index in [1.54, 1.807) is 18.5 Å². The molecule has 8 nitrogen and oxygen atoms in total. The normalized spacial score (nSPS) is 11.0. The first-order valence-corrected chi connectivity index (χ1v) is 11.0. The molecule has 1 N–H and O–H groups in total. The first-order chi connectivity index (χ1) is 16.2. The molecule has 3 aromatic heterocycles. The Morgan fingerprint density at radius 1 is 1.09 bits per heavy atom. The number of hydrogen-bond donors (Lipinski definition) is 1. The summed E-state index contributed by atoms with van der Waals surface area (Å²) in [5.41, 5.74) is 2.01. The largest absolute Gasteiger partial charge is 0.492 e. The number of fused-ring (bicyclic) bond motifs is 2. The molecular formula is C24H19N3O5S. The lowest BCUT2D eigenvalue weighted by molar-refractivity contribution is 0.132. The molecular weight excluding hydrogens is 442 g/mol. The molecule has 0 saturated carbocycles. The van der Waals surface area contributed by atoms with Gasteiger partial charge in [0.2, 0.25) is 0 Å². The summed E-state index contributed by atoms with van der Waals surface area (Å²) in [6.45, 7) is 0.662. The SMILES string of the molecule is O=C(O)N(CCOc1ccccc1)Cc1coc2cc(Oc3nc4ncccc4s3)ccc12. The van der Waals surface area contributed by atoms with E-state index in [4.69, 9.17) is 13.9 Å². The van der Waals surface area contributed by atoms with Gasteiger partial charge in [-0.1, -0.05) is 29.5 Å². The first kappa shape index (κ1) is 20.8. The van der Waals surface area contributed by atoms with E-state index in [0.717, 1.165) is 15.6 Å². The third-order valence-electron chi connectivity index (χ3n) is 4.98. The van der Waals surface area contributed by atoms with Gasteiger partial charge in [0.1, 0.15) is 23.7 Å². The van der Waals surface area contributed by atoms with Gasteiger partial charge >= 0.3 is 6.09 Å². The van der Waals surface area contributed by atoms with E-state index < -0.39 is 6.09 Å². The smallest absolute Gasteiger partial charge is 0.407 e. The number of pyridine rings is 1. The van der Waals surface area contributed by atoms with Gasteiger partial charge in [-0.25, -0.2) is 9.78 Å². The molecule has 5 rings (SSSR count). The van der Waals surface area contributed by atoms with Gasteiger partial charge in [-0.3, -0.25) is 0 Å². The molecule has 0 aliphatic carbocycles. The highest BCUT2D eigenvalue weighted by molar-refractivity contribution is 7.20. The summed E-state index contributed by atoms with van der Waals surface area (Å²) in [5.74, 6) is 1.28. The van der Waals surface area contributed by atoms with Crippen LogP contribution in [-0.2, 0) is 6.54 Å². The maximum atomic E-state index is 11.7. The predicted octanol–water partition coefficient (Wildman–Crippen LogP) is 5.79. The summed E-state index contributed by atoms with van der Waals surface area (Å²) in [4.78, 5) is 21.6. The van der Waals surface area contributed by atoms with Crippen molar-refractivity contribution in [3.63, 3.8) is 0 Å². The average Bonchev–Trinajstić information content (AvgIpc) is 3.42. The van der Waals surface area contributed by atoms with Crippen LogP contribution in [-0.4, -0.2) is 39.2 Å². The number of carbonyl (C=O) groups is 1. The Morgan fingerprint density at radius 3 is 2.79 bits per heavy atom. The Morgan fingerprint density at radius 2 is 1.97 bits per heavy atom. The minimum absolute atomic E-state index is 0.185. The fourth-order valence-electron chi connectivity index (χ4n) is 3.38. The molecule has 0 spiro atoms. The lowest BCUT2D eigenvalue weighted by Crippen LogP contribution is -2.32. The molecule has 1 amide bonds. The molecule has 0 fully saturated rings. The van der Waals surface area contributed by atoms with Crippen molar-refractivity contribution in [2.45, 2.75) is 6.54 Å². The number of ether oxygens (including phenoxy) is 2. The summed E-state index contributed by atoms with van der Waals surface area (Å²) in [6.07, 6.45) is 2.24. The lowest BCUT2D eigenvalue weighted by Gasteiger charge is -2.19. The molecule has 0 unspecified atom stereocenters. The average molecular weight is 461 g/mol. The summed E-state index contributed by atoms with van der Waals surface area (Å²) in [6, 6.07) is 18.5. The quantitative estimate of drug-likeness (QED) is 0.312. The van der Waals surface area contributed by atoms with E-state index >= 15 is 0 Å². The fourth-order valence-corrected chi connectivity index (χ4v) is 4.18. The number of rotatable bonds is 8. The van der Waals surface area contributed by atoms with Crippen molar-refractivity contribution in [3.8, 4) is 16.7 Å². The van der Waals surface area contributed by atoms with E-state index in [1.165, 1.54) is 16.2 Å². The van der Waals surface area contributed by atoms with Crippen molar-refractivity contribution in [1.82, 2.24) is 14.9 Å². The van der Waals surface area contributed by atoms with E-state index in [-0.39, 0.29) is 19.7 Å². The van der Waals surface area contributed by atoms with Crippen LogP contribution in [0, 0.1) is 0 Å². The van der Waals surface area contributed by atoms with E-state index in [1.807, 2.05) is 54.6 Å². The van der Waals surface area contributed by atoms with Crippen molar-refractivity contribution >= 4 is 38.7 Å². The molecule has 2 aromatic carbocycles. The number of para-hydroxylation sites is 1. The zero-order valence-electron chi connectivity index (χ0n) is 17.4. The van der Waals surface area contributed by atoms with Crippen LogP contribution < -0.4 is 9.47 Å². The van der Waals surface area contributed by atoms with Crippen LogP contribution in [0.4, 0.5) is 4.79 Å². The van der Waals surface area contributed by atoms with Crippen molar-refractivity contribution in [2.24, 2.45) is 0 Å². The van der Waals surface area contributed by atoms with Gasteiger partial charge in [0.15, 0.2) is 5.65 Å². The maximum absolute atomic E-state index is 11.7. The van der Waals surface area contributed by atoms with Crippen LogP contribution >= 0.6 is 11.3 Å². The third-order valence-corrected chi connectivity index (χ3v) is 5.87. The standard InChI is InChI=1S/C24H19N3O5S/c28-24(29)27(11-12-30-17-5-2-1-3-6-17)14-16-15-31-20-13-18(8-9-19(16)20)32-23-26-22-21(33-23)7-4-10-25-22/h1-10,13,15H,11-12,14H2,(H,28,29). The number of benzene rings is 2. The van der Waals surface area contributed by atoms with Gasteiger partial charge in [-0.15, -0.1) is 0 Å². The van der Waals surface area contributed by atoms with Crippen LogP contribution in [0.1, 0.15) is 5.56 Å². The Kier molecular flexibility index (Phi) is 5.77. The predicted molar refractivity (Wildman–Crippen MR) is 124 cm³/mol. The highest BCUT2D eigenvalue weighted by Crippen LogP contribution is 2.33. The van der Waals surface area contributed by atoms with Crippen LogP contribution in [0.25, 0.3) is 21.3 Å². The third kappa shape index (κ3) is 4.73. The molecule has 5 aromatic rings. The molecule has 166 valence electrons. The number of thiazole rings is 1. The molecule has 0 radical (unpaired) electrons. The highest BCUT2D eigenvalue weighted by atomic mass is 32.1. The highest BCUT2D eigenvalue weighted by Gasteiger charge is 2.17. The van der Waals surface area contributed by atoms with E-state index in [2.05, 4.69) is 9.97 Å². The number of aromatic nitrogens is 2. The number of nitrogens with zero attached hydrogens (tertiary/aromatic N) is 3. The second-order valence-corrected chi connectivity index (χ2v) is 8.18. The Labute approximate surface area is 192 Å². The number of carboxylic acid groups (broad SMARTS) is 1. The lowest BCUT2D eigenvalue weighted by atomic mass is 10.1. The van der Waals surface area contributed by atoms with Gasteiger partial charge in [-0.2, -0.15) is 4.98 Å². The van der Waals surface area contributed by atoms with Gasteiger partial charge < -0.3 is 23.9 Å². The van der Waals surface area contributed by atoms with E-state index in [9.17, 15) is 9.90 Å². The van der Waals surface area contributed by atoms with Crippen molar-refractivity contribution in [3.05, 3.63) is 78.7 Å². The van der Waals surface area contributed by atoms with Gasteiger partial charge in [0, 0.05) is 23.2 Å². The molecule has 33 heavy (non-hydrogen) atoms. The van der Waals surface area contributed by atoms with Crippen molar-refractivity contribution in [1.29, 1.82) is 0 Å². The molecule has 3 heterocycles. The molecule has 0 atom stereocenters. The summed E-state index contributed by atoms with van der Waals surface area (Å²) in [5, 5.41) is 10.9. The molecule has 0 aliphatic heterocycles. The van der Waals surface area contributed by atoms with Crippen LogP contribution in [0.2, 0.25) is 0 Å². The minimum atomic E-state index is -1.02. The summed E-state index contributed by atoms with van der Waals surface area (Å²) < 4.78 is 18.1. The molecule has 0 aliphatic rings. The fraction of sp³-hybridized carbons (Fsp3) is 0.125. The van der Waals surface area contributed by atoms with E-state index in [0.29, 0.717) is 27.9 Å². The van der Waals surface area contributed by atoms with Crippen molar-refractivity contribution in [2.75, 3.05) is 13.2 Å². The number of furan rings is 1. The van der Waals surface area contributed by atoms with Crippen LogP contribution in [0.3, 0.4) is 0 Å². The zero-order valence-corrected chi connectivity index (χ0v) is 18.2. The van der Waals surface area contributed by atoms with Gasteiger partial charge in [0.05, 0.1) is 24.1 Å². The van der Waals surface area contributed by atoms with Crippen molar-refractivity contribution < 1.29 is 23.8 Å². The summed E-state index contributed by atoms with van der Waals surface area (Å²) >= 11 is 1.41. The molecule has 9 heteroatoms. The maximum Gasteiger partial charge on any atom is 0.407 e. The van der Waals surface area contributed by atoms with Crippen LogP contribution in [0.15, 0.2) is 77.5 Å². The Bertz CT molecular complexity index is 1370. The minimum Gasteiger partial charge on any atom is -0.492 e. The molecule has 0 saturated heterocycles. The van der Waals surface area contributed by atoms with Gasteiger partial charge in [0.25, 0.3) is 5.19 Å². The van der Waals surface area contributed by atoms with Gasteiger partial charge in [-0.05, 0) is 36.4 Å².